The highest BCUT2D eigenvalue weighted by molar-refractivity contribution is 7.88. The van der Waals surface area contributed by atoms with Crippen LogP contribution in [-0.2, 0) is 21.3 Å². The van der Waals surface area contributed by atoms with Gasteiger partial charge in [-0.1, -0.05) is 12.1 Å². The molecular weight excluding hydrogens is 392 g/mol. The van der Waals surface area contributed by atoms with Crippen molar-refractivity contribution in [3.8, 4) is 5.75 Å². The Hall–Kier alpha value is -1.84. The topological polar surface area (TPSA) is 101 Å². The zero-order valence-electron chi connectivity index (χ0n) is 18.5. The number of aryl methyl sites for hydroxylation is 1. The van der Waals surface area contributed by atoms with Gasteiger partial charge < -0.3 is 20.1 Å². The Morgan fingerprint density at radius 3 is 2.52 bits per heavy atom. The summed E-state index contributed by atoms with van der Waals surface area (Å²) < 4.78 is 36.8. The van der Waals surface area contributed by atoms with E-state index in [1.54, 1.807) is 0 Å². The summed E-state index contributed by atoms with van der Waals surface area (Å²) in [6.45, 7) is 12.8. The Morgan fingerprint density at radius 1 is 1.17 bits per heavy atom. The highest BCUT2D eigenvalue weighted by atomic mass is 32.2. The molecule has 0 radical (unpaired) electrons. The summed E-state index contributed by atoms with van der Waals surface area (Å²) in [6, 6.07) is 6.03. The van der Waals surface area contributed by atoms with Crippen LogP contribution in [0.4, 0.5) is 0 Å². The summed E-state index contributed by atoms with van der Waals surface area (Å²) in [5, 5.41) is 6.38. The first-order valence-electron chi connectivity index (χ1n) is 9.87. The summed E-state index contributed by atoms with van der Waals surface area (Å²) in [5.41, 5.74) is 1.43. The van der Waals surface area contributed by atoms with E-state index in [0.29, 0.717) is 45.4 Å². The van der Waals surface area contributed by atoms with Crippen molar-refractivity contribution in [2.24, 2.45) is 4.99 Å². The fourth-order valence-corrected chi connectivity index (χ4v) is 3.71. The Morgan fingerprint density at radius 2 is 1.90 bits per heavy atom. The summed E-state index contributed by atoms with van der Waals surface area (Å²) in [7, 11) is -3.30. The fourth-order valence-electron chi connectivity index (χ4n) is 2.63. The third kappa shape index (κ3) is 11.1. The maximum atomic E-state index is 11.5. The number of hydrogen-bond acceptors (Lipinski definition) is 5. The van der Waals surface area contributed by atoms with E-state index in [0.717, 1.165) is 23.1 Å². The quantitative estimate of drug-likeness (QED) is 0.267. The predicted molar refractivity (Wildman–Crippen MR) is 118 cm³/mol. The van der Waals surface area contributed by atoms with E-state index in [1.165, 1.54) is 0 Å². The molecule has 0 spiro atoms. The van der Waals surface area contributed by atoms with Crippen LogP contribution >= 0.6 is 0 Å². The van der Waals surface area contributed by atoms with Crippen LogP contribution in [0, 0.1) is 6.92 Å². The van der Waals surface area contributed by atoms with Gasteiger partial charge in [0.2, 0.25) is 10.0 Å². The van der Waals surface area contributed by atoms with Gasteiger partial charge in [0, 0.05) is 30.8 Å². The van der Waals surface area contributed by atoms with Crippen molar-refractivity contribution in [1.82, 2.24) is 15.4 Å². The number of hydrogen-bond donors (Lipinski definition) is 3. The zero-order valence-corrected chi connectivity index (χ0v) is 19.3. The van der Waals surface area contributed by atoms with Crippen molar-refractivity contribution >= 4 is 16.0 Å². The molecule has 9 heteroatoms. The van der Waals surface area contributed by atoms with E-state index < -0.39 is 15.6 Å². The average molecular weight is 429 g/mol. The minimum Gasteiger partial charge on any atom is -0.491 e. The largest absolute Gasteiger partial charge is 0.491 e. The molecule has 1 aromatic carbocycles. The second-order valence-electron chi connectivity index (χ2n) is 7.46. The van der Waals surface area contributed by atoms with Crippen LogP contribution in [0.5, 0.6) is 5.75 Å². The number of sulfonamides is 1. The smallest absolute Gasteiger partial charge is 0.209 e. The first-order valence-corrected chi connectivity index (χ1v) is 11.8. The van der Waals surface area contributed by atoms with Gasteiger partial charge in [-0.05, 0) is 46.2 Å². The van der Waals surface area contributed by atoms with Gasteiger partial charge in [-0.2, -0.15) is 0 Å². The summed E-state index contributed by atoms with van der Waals surface area (Å²) in [5.74, 6) is 1.40. The van der Waals surface area contributed by atoms with Gasteiger partial charge in [-0.25, -0.2) is 18.1 Å². The second-order valence-corrected chi connectivity index (χ2v) is 9.21. The summed E-state index contributed by atoms with van der Waals surface area (Å²) in [6.07, 6.45) is 1.15. The number of aliphatic imine (C=N–C) groups is 1. The van der Waals surface area contributed by atoms with Crippen LogP contribution in [0.25, 0.3) is 0 Å². The van der Waals surface area contributed by atoms with E-state index in [4.69, 9.17) is 9.47 Å². The molecule has 0 bridgehead atoms. The molecule has 3 N–H and O–H groups in total. The number of nitrogens with one attached hydrogen (secondary N) is 3. The monoisotopic (exact) mass is 428 g/mol. The number of rotatable bonds is 12. The lowest BCUT2D eigenvalue weighted by molar-refractivity contribution is 0.110. The van der Waals surface area contributed by atoms with Gasteiger partial charge in [0.1, 0.15) is 12.4 Å². The van der Waals surface area contributed by atoms with Crippen LogP contribution in [0.15, 0.2) is 23.2 Å². The van der Waals surface area contributed by atoms with Gasteiger partial charge in [0.25, 0.3) is 0 Å². The molecule has 0 fully saturated rings. The van der Waals surface area contributed by atoms with E-state index in [-0.39, 0.29) is 0 Å². The molecule has 0 atom stereocenters. The molecule has 8 nitrogen and oxygen atoms in total. The van der Waals surface area contributed by atoms with Crippen LogP contribution < -0.4 is 20.1 Å². The van der Waals surface area contributed by atoms with E-state index >= 15 is 0 Å². The Labute approximate surface area is 175 Å². The molecule has 0 aromatic heterocycles. The molecule has 166 valence electrons. The molecule has 29 heavy (non-hydrogen) atoms. The van der Waals surface area contributed by atoms with Crippen LogP contribution in [0.3, 0.4) is 0 Å². The van der Waals surface area contributed by atoms with Gasteiger partial charge in [-0.3, -0.25) is 0 Å². The van der Waals surface area contributed by atoms with E-state index in [1.807, 2.05) is 52.8 Å². The van der Waals surface area contributed by atoms with Crippen LogP contribution in [0.2, 0.25) is 0 Å². The second kappa shape index (κ2) is 12.0. The van der Waals surface area contributed by atoms with E-state index in [2.05, 4.69) is 20.3 Å². The fraction of sp³-hybridized carbons (Fsp3) is 0.650. The molecule has 0 unspecified atom stereocenters. The molecule has 1 aromatic rings. The van der Waals surface area contributed by atoms with Crippen molar-refractivity contribution in [3.05, 3.63) is 29.3 Å². The van der Waals surface area contributed by atoms with Crippen molar-refractivity contribution in [3.63, 3.8) is 0 Å². The first kappa shape index (κ1) is 25.2. The predicted octanol–water partition coefficient (Wildman–Crippen LogP) is 1.79. The highest BCUT2D eigenvalue weighted by Gasteiger charge is 2.22. The highest BCUT2D eigenvalue weighted by Crippen LogP contribution is 2.21. The Balaban J connectivity index is 2.82. The van der Waals surface area contributed by atoms with Gasteiger partial charge in [-0.15, -0.1) is 0 Å². The standard InChI is InChI=1S/C20H36N4O4S/c1-7-21-19(23-15-20(4,5)24-29(6,25)26)22-14-17-10-9-16(3)13-18(17)28-12-11-27-8-2/h9-10,13,24H,7-8,11-12,14-15H2,1-6H3,(H2,21,22,23). The minimum absolute atomic E-state index is 0.386. The third-order valence-electron chi connectivity index (χ3n) is 3.82. The molecule has 0 amide bonds. The van der Waals surface area contributed by atoms with Gasteiger partial charge in [0.15, 0.2) is 5.96 Å². The van der Waals surface area contributed by atoms with Crippen molar-refractivity contribution in [1.29, 1.82) is 0 Å². The van der Waals surface area contributed by atoms with Gasteiger partial charge in [0.05, 0.1) is 19.4 Å². The Bertz CT molecular complexity index is 764. The summed E-state index contributed by atoms with van der Waals surface area (Å²) in [4.78, 5) is 4.62. The molecule has 0 aliphatic carbocycles. The molecular formula is C20H36N4O4S. The molecule has 1 rings (SSSR count). The van der Waals surface area contributed by atoms with Crippen molar-refractivity contribution in [2.75, 3.05) is 39.2 Å². The maximum absolute atomic E-state index is 11.5. The summed E-state index contributed by atoms with van der Waals surface area (Å²) >= 11 is 0. The van der Waals surface area contributed by atoms with Crippen molar-refractivity contribution in [2.45, 2.75) is 46.7 Å². The van der Waals surface area contributed by atoms with E-state index in [9.17, 15) is 8.42 Å². The average Bonchev–Trinajstić information content (AvgIpc) is 2.60. The van der Waals surface area contributed by atoms with Crippen LogP contribution in [-0.4, -0.2) is 59.1 Å². The lowest BCUT2D eigenvalue weighted by atomic mass is 10.1. The first-order chi connectivity index (χ1) is 13.6. The Kier molecular flexibility index (Phi) is 10.4. The minimum atomic E-state index is -3.30. The molecule has 0 aliphatic heterocycles. The van der Waals surface area contributed by atoms with Gasteiger partial charge >= 0.3 is 0 Å². The number of nitrogens with zero attached hydrogens (tertiary/aromatic N) is 1. The molecule has 0 aliphatic rings. The molecule has 0 saturated carbocycles. The van der Waals surface area contributed by atoms with Crippen molar-refractivity contribution < 1.29 is 17.9 Å². The zero-order chi connectivity index (χ0) is 21.9. The van der Waals surface area contributed by atoms with Crippen LogP contribution in [0.1, 0.15) is 38.8 Å². The lowest BCUT2D eigenvalue weighted by Gasteiger charge is -2.26. The molecule has 0 heterocycles. The SMILES string of the molecule is CCNC(=NCc1ccc(C)cc1OCCOCC)NCC(C)(C)NS(C)(=O)=O. The molecule has 0 saturated heterocycles. The third-order valence-corrected chi connectivity index (χ3v) is 4.75. The number of benzene rings is 1. The lowest BCUT2D eigenvalue weighted by Crippen LogP contribution is -2.53. The number of ether oxygens (including phenoxy) is 2. The number of guanidine groups is 1. The maximum Gasteiger partial charge on any atom is 0.209 e. The normalized spacial score (nSPS) is 12.7.